The van der Waals surface area contributed by atoms with Gasteiger partial charge in [0.2, 0.25) is 11.7 Å². The van der Waals surface area contributed by atoms with Gasteiger partial charge in [0.05, 0.1) is 12.7 Å². The smallest absolute Gasteiger partial charge is 0.338 e. The van der Waals surface area contributed by atoms with Gasteiger partial charge in [-0.3, -0.25) is 0 Å². The molecule has 3 aromatic rings. The van der Waals surface area contributed by atoms with Gasteiger partial charge in [0.15, 0.2) is 0 Å². The molecule has 2 N–H and O–H groups in total. The highest BCUT2D eigenvalue weighted by molar-refractivity contribution is 5.89. The van der Waals surface area contributed by atoms with Gasteiger partial charge in [0, 0.05) is 30.2 Å². The van der Waals surface area contributed by atoms with Crippen LogP contribution >= 0.6 is 0 Å². The van der Waals surface area contributed by atoms with Crippen molar-refractivity contribution in [1.29, 1.82) is 5.26 Å². The molecule has 1 aromatic carbocycles. The first-order chi connectivity index (χ1) is 13.2. The quantitative estimate of drug-likeness (QED) is 0.498. The van der Waals surface area contributed by atoms with Crippen molar-refractivity contribution in [3.05, 3.63) is 60.2 Å². The third kappa shape index (κ3) is 4.43. The number of rotatable bonds is 6. The molecule has 2 aromatic heterocycles. The molecule has 0 atom stereocenters. The number of aromatic amines is 1. The number of hydrogen-bond acceptors (Lipinski definition) is 9. The Balaban J connectivity index is 1.74. The van der Waals surface area contributed by atoms with E-state index >= 15 is 0 Å². The molecule has 0 amide bonds. The molecule has 0 bridgehead atoms. The van der Waals surface area contributed by atoms with Crippen LogP contribution in [0, 0.1) is 11.3 Å². The van der Waals surface area contributed by atoms with Crippen LogP contribution in [-0.2, 0) is 4.74 Å². The number of aromatic nitrogens is 5. The number of carbonyl (C=O) groups is 1. The Labute approximate surface area is 153 Å². The van der Waals surface area contributed by atoms with Crippen LogP contribution in [0.25, 0.3) is 5.57 Å². The van der Waals surface area contributed by atoms with Gasteiger partial charge in [0.25, 0.3) is 0 Å². The summed E-state index contributed by atoms with van der Waals surface area (Å²) in [5.41, 5.74) is 1.20. The number of H-pyrrole nitrogens is 1. The topological polar surface area (TPSA) is 139 Å². The average Bonchev–Trinajstić information content (AvgIpc) is 3.23. The fourth-order valence-corrected chi connectivity index (χ4v) is 2.06. The Hall–Kier alpha value is -4.26. The summed E-state index contributed by atoms with van der Waals surface area (Å²) < 4.78 is 10.3. The van der Waals surface area contributed by atoms with Gasteiger partial charge in [-0.05, 0) is 23.4 Å². The second-order valence-corrected chi connectivity index (χ2v) is 5.05. The number of hydrogen-bond donors (Lipinski definition) is 2. The van der Waals surface area contributed by atoms with Gasteiger partial charge in [0.1, 0.15) is 17.4 Å². The highest BCUT2D eigenvalue weighted by Gasteiger charge is 2.08. The van der Waals surface area contributed by atoms with E-state index in [4.69, 9.17) is 10.00 Å². The molecule has 0 saturated carbocycles. The van der Waals surface area contributed by atoms with Gasteiger partial charge in [-0.15, -0.1) is 10.2 Å². The Morgan fingerprint density at radius 2 is 2.22 bits per heavy atom. The minimum Gasteiger partial charge on any atom is -0.465 e. The van der Waals surface area contributed by atoms with Crippen LogP contribution in [0.4, 0.5) is 5.69 Å². The van der Waals surface area contributed by atoms with Gasteiger partial charge < -0.3 is 14.8 Å². The fourth-order valence-electron chi connectivity index (χ4n) is 2.06. The number of nitrogens with zero attached hydrogens (tertiary/aromatic N) is 5. The number of ether oxygens (including phenoxy) is 2. The molecular formula is C17H13N7O3. The monoisotopic (exact) mass is 363 g/mol. The average molecular weight is 363 g/mol. The van der Waals surface area contributed by atoms with Crippen LogP contribution in [0.1, 0.15) is 16.2 Å². The Bertz CT molecular complexity index is 1010. The number of anilines is 1. The zero-order valence-electron chi connectivity index (χ0n) is 14.1. The standard InChI is InChI=1S/C17H13N7O3/c1-26-17(25)11-5-6-19-15(7-11)27-14-4-2-3-13(8-14)20-10-12(9-18)16-21-23-24-22-16/h2-8,10,20H,1H3,(H,21,22,23,24). The van der Waals surface area contributed by atoms with E-state index in [0.29, 0.717) is 17.0 Å². The van der Waals surface area contributed by atoms with Crippen LogP contribution in [0.5, 0.6) is 11.6 Å². The number of methoxy groups -OCH3 is 1. The molecule has 2 heterocycles. The molecule has 0 saturated heterocycles. The van der Waals surface area contributed by atoms with Crippen molar-refractivity contribution in [2.45, 2.75) is 0 Å². The Morgan fingerprint density at radius 3 is 2.96 bits per heavy atom. The van der Waals surface area contributed by atoms with Crippen LogP contribution in [0.15, 0.2) is 48.8 Å². The number of esters is 1. The molecular weight excluding hydrogens is 350 g/mol. The zero-order valence-corrected chi connectivity index (χ0v) is 14.1. The molecule has 3 rings (SSSR count). The number of pyridine rings is 1. The lowest BCUT2D eigenvalue weighted by molar-refractivity contribution is 0.0600. The maximum absolute atomic E-state index is 11.6. The second-order valence-electron chi connectivity index (χ2n) is 5.05. The summed E-state index contributed by atoms with van der Waals surface area (Å²) in [4.78, 5) is 15.7. The molecule has 0 aliphatic heterocycles. The normalized spacial score (nSPS) is 10.7. The maximum Gasteiger partial charge on any atom is 0.338 e. The van der Waals surface area contributed by atoms with Gasteiger partial charge in [-0.1, -0.05) is 6.07 Å². The van der Waals surface area contributed by atoms with Crippen LogP contribution in [-0.4, -0.2) is 38.7 Å². The minimum absolute atomic E-state index is 0.182. The van der Waals surface area contributed by atoms with Crippen molar-refractivity contribution >= 4 is 17.2 Å². The molecule has 0 fully saturated rings. The number of tetrazole rings is 1. The van der Waals surface area contributed by atoms with Gasteiger partial charge in [-0.25, -0.2) is 9.78 Å². The summed E-state index contributed by atoms with van der Waals surface area (Å²) in [5.74, 6) is 0.436. The van der Waals surface area contributed by atoms with Crippen molar-refractivity contribution in [2.24, 2.45) is 0 Å². The Morgan fingerprint density at radius 1 is 1.33 bits per heavy atom. The molecule has 134 valence electrons. The van der Waals surface area contributed by atoms with E-state index in [1.807, 2.05) is 6.07 Å². The molecule has 10 nitrogen and oxygen atoms in total. The van der Waals surface area contributed by atoms with Crippen LogP contribution in [0.3, 0.4) is 0 Å². The highest BCUT2D eigenvalue weighted by Crippen LogP contribution is 2.24. The summed E-state index contributed by atoms with van der Waals surface area (Å²) in [5, 5.41) is 25.3. The lowest BCUT2D eigenvalue weighted by Crippen LogP contribution is -2.01. The van der Waals surface area contributed by atoms with Crippen molar-refractivity contribution < 1.29 is 14.3 Å². The van der Waals surface area contributed by atoms with E-state index in [9.17, 15) is 4.79 Å². The summed E-state index contributed by atoms with van der Waals surface area (Å²) in [7, 11) is 1.30. The number of benzene rings is 1. The zero-order chi connectivity index (χ0) is 19.1. The van der Waals surface area contributed by atoms with E-state index < -0.39 is 5.97 Å². The third-order valence-corrected chi connectivity index (χ3v) is 3.30. The maximum atomic E-state index is 11.6. The van der Waals surface area contributed by atoms with Gasteiger partial charge in [-0.2, -0.15) is 10.5 Å². The first-order valence-electron chi connectivity index (χ1n) is 7.62. The van der Waals surface area contributed by atoms with Crippen LogP contribution < -0.4 is 10.1 Å². The molecule has 10 heteroatoms. The van der Waals surface area contributed by atoms with E-state index in [1.165, 1.54) is 31.6 Å². The van der Waals surface area contributed by atoms with Gasteiger partial charge >= 0.3 is 5.97 Å². The van der Waals surface area contributed by atoms with E-state index in [1.54, 1.807) is 24.3 Å². The molecule has 0 aliphatic rings. The predicted molar refractivity (Wildman–Crippen MR) is 93.5 cm³/mol. The first kappa shape index (κ1) is 17.6. The summed E-state index contributed by atoms with van der Waals surface area (Å²) in [6, 6.07) is 12.0. The van der Waals surface area contributed by atoms with E-state index in [-0.39, 0.29) is 17.3 Å². The summed E-state index contributed by atoms with van der Waals surface area (Å²) >= 11 is 0. The second kappa shape index (κ2) is 8.21. The van der Waals surface area contributed by atoms with Crippen molar-refractivity contribution in [3.63, 3.8) is 0 Å². The molecule has 0 aliphatic carbocycles. The van der Waals surface area contributed by atoms with Crippen molar-refractivity contribution in [1.82, 2.24) is 25.6 Å². The fraction of sp³-hybridized carbons (Fsp3) is 0.0588. The van der Waals surface area contributed by atoms with Crippen molar-refractivity contribution in [3.8, 4) is 17.7 Å². The molecule has 0 radical (unpaired) electrons. The Kier molecular flexibility index (Phi) is 5.34. The van der Waals surface area contributed by atoms with E-state index in [0.717, 1.165) is 0 Å². The van der Waals surface area contributed by atoms with E-state index in [2.05, 4.69) is 35.7 Å². The lowest BCUT2D eigenvalue weighted by Gasteiger charge is -2.08. The summed E-state index contributed by atoms with van der Waals surface area (Å²) in [6.45, 7) is 0. The van der Waals surface area contributed by atoms with Crippen molar-refractivity contribution in [2.75, 3.05) is 12.4 Å². The minimum atomic E-state index is -0.478. The first-order valence-corrected chi connectivity index (χ1v) is 7.62. The van der Waals surface area contributed by atoms with Crippen LogP contribution in [0.2, 0.25) is 0 Å². The number of nitriles is 1. The number of carbonyl (C=O) groups excluding carboxylic acids is 1. The highest BCUT2D eigenvalue weighted by atomic mass is 16.5. The third-order valence-electron chi connectivity index (χ3n) is 3.30. The predicted octanol–water partition coefficient (Wildman–Crippen LogP) is 2.15. The molecule has 27 heavy (non-hydrogen) atoms. The largest absolute Gasteiger partial charge is 0.465 e. The summed E-state index contributed by atoms with van der Waals surface area (Å²) in [6.07, 6.45) is 2.91. The SMILES string of the molecule is COC(=O)c1ccnc(Oc2cccc(NC=C(C#N)c3nn[nH]n3)c2)c1. The molecule has 0 spiro atoms. The number of nitrogens with one attached hydrogen (secondary N) is 2. The number of allylic oxidation sites excluding steroid dienone is 1. The lowest BCUT2D eigenvalue weighted by atomic mass is 10.2. The molecule has 0 unspecified atom stereocenters.